The Balaban J connectivity index is 2.10. The van der Waals surface area contributed by atoms with Crippen molar-refractivity contribution in [2.45, 2.75) is 44.8 Å². The molecular weight excluding hydrogens is 324 g/mol. The number of carbonyl (C=O) groups excluding carboxylic acids is 2. The zero-order chi connectivity index (χ0) is 18.1. The van der Waals surface area contributed by atoms with E-state index >= 15 is 0 Å². The molecule has 0 amide bonds. The van der Waals surface area contributed by atoms with Gasteiger partial charge < -0.3 is 14.6 Å². The third-order valence-corrected chi connectivity index (χ3v) is 4.63. The second-order valence-corrected chi connectivity index (χ2v) is 6.27. The molecule has 2 atom stereocenters. The molecule has 6 nitrogen and oxygen atoms in total. The largest absolute Gasteiger partial charge is 0.496 e. The summed E-state index contributed by atoms with van der Waals surface area (Å²) in [5.74, 6) is -1.11. The summed E-state index contributed by atoms with van der Waals surface area (Å²) in [4.78, 5) is 37.1. The Morgan fingerprint density at radius 1 is 1.32 bits per heavy atom. The van der Waals surface area contributed by atoms with Crippen LogP contribution in [0.5, 0.6) is 5.75 Å². The monoisotopic (exact) mass is 344 g/mol. The Hall–Kier alpha value is -2.47. The summed E-state index contributed by atoms with van der Waals surface area (Å²) in [7, 11) is 1.46. The van der Waals surface area contributed by atoms with Gasteiger partial charge in [0, 0.05) is 23.1 Å². The summed E-state index contributed by atoms with van der Waals surface area (Å²) in [6.07, 6.45) is 0.0937. The summed E-state index contributed by atoms with van der Waals surface area (Å²) < 4.78 is 11.1. The van der Waals surface area contributed by atoms with Gasteiger partial charge in [0.05, 0.1) is 31.3 Å². The van der Waals surface area contributed by atoms with E-state index in [1.165, 1.54) is 7.11 Å². The van der Waals surface area contributed by atoms with Crippen LogP contribution in [-0.2, 0) is 9.53 Å². The summed E-state index contributed by atoms with van der Waals surface area (Å²) in [6, 6.07) is 4.94. The van der Waals surface area contributed by atoms with Crippen molar-refractivity contribution in [2.24, 2.45) is 0 Å². The highest BCUT2D eigenvalue weighted by Gasteiger charge is 2.42. The number of ether oxygens (including phenoxy) is 2. The fraction of sp³-hybridized carbons (Fsp3) is 0.421. The first-order valence-corrected chi connectivity index (χ1v) is 8.34. The van der Waals surface area contributed by atoms with Gasteiger partial charge in [0.25, 0.3) is 0 Å². The third-order valence-electron chi connectivity index (χ3n) is 4.63. The minimum absolute atomic E-state index is 0.142. The fourth-order valence-corrected chi connectivity index (χ4v) is 3.59. The molecule has 0 saturated carbocycles. The van der Waals surface area contributed by atoms with Crippen LogP contribution < -0.4 is 4.74 Å². The predicted molar refractivity (Wildman–Crippen MR) is 89.1 cm³/mol. The smallest absolute Gasteiger partial charge is 0.305 e. The lowest BCUT2D eigenvalue weighted by Crippen LogP contribution is -2.39. The summed E-state index contributed by atoms with van der Waals surface area (Å²) in [5.41, 5.74) is 1.34. The molecule has 0 radical (unpaired) electrons. The number of ketones is 2. The van der Waals surface area contributed by atoms with Gasteiger partial charge in [-0.05, 0) is 12.5 Å². The zero-order valence-corrected chi connectivity index (χ0v) is 14.2. The van der Waals surface area contributed by atoms with Crippen molar-refractivity contribution in [2.75, 3.05) is 7.11 Å². The van der Waals surface area contributed by atoms with E-state index in [4.69, 9.17) is 14.6 Å². The van der Waals surface area contributed by atoms with Crippen molar-refractivity contribution in [3.63, 3.8) is 0 Å². The molecule has 6 heteroatoms. The van der Waals surface area contributed by atoms with E-state index < -0.39 is 18.2 Å². The van der Waals surface area contributed by atoms with Crippen molar-refractivity contribution in [1.82, 2.24) is 0 Å². The molecule has 3 rings (SSSR count). The van der Waals surface area contributed by atoms with Crippen molar-refractivity contribution < 1.29 is 29.0 Å². The number of fused-ring (bicyclic) bond motifs is 1. The predicted octanol–water partition coefficient (Wildman–Crippen LogP) is 2.80. The van der Waals surface area contributed by atoms with Gasteiger partial charge in [-0.3, -0.25) is 14.4 Å². The second kappa shape index (κ2) is 6.80. The molecule has 0 aromatic heterocycles. The lowest BCUT2D eigenvalue weighted by Gasteiger charge is -2.35. The minimum atomic E-state index is -0.985. The number of carbonyl (C=O) groups is 3. The Labute approximate surface area is 145 Å². The highest BCUT2D eigenvalue weighted by molar-refractivity contribution is 6.28. The molecule has 132 valence electrons. The Morgan fingerprint density at radius 3 is 2.72 bits per heavy atom. The van der Waals surface area contributed by atoms with Crippen LogP contribution in [0.15, 0.2) is 29.3 Å². The molecule has 1 aromatic carbocycles. The van der Waals surface area contributed by atoms with Crippen LogP contribution in [0.4, 0.5) is 0 Å². The van der Waals surface area contributed by atoms with E-state index in [9.17, 15) is 14.4 Å². The standard InChI is InChI=1S/C19H20O6/c1-3-5-14-17-12(8-10(25-14)9-15(20)21)18(22)11-6-4-7-13(24-2)16(11)19(17)23/h4,6-7,10,14H,3,5,8-9H2,1-2H3,(H,20,21)/t10-,14-/m0/s1. The first-order chi connectivity index (χ1) is 12.0. The zero-order valence-electron chi connectivity index (χ0n) is 14.2. The maximum atomic E-state index is 13.1. The van der Waals surface area contributed by atoms with Crippen molar-refractivity contribution in [3.05, 3.63) is 40.5 Å². The number of rotatable bonds is 5. The topological polar surface area (TPSA) is 89.9 Å². The number of carboxylic acids is 1. The van der Waals surface area contributed by atoms with Gasteiger partial charge in [-0.1, -0.05) is 25.5 Å². The van der Waals surface area contributed by atoms with E-state index in [0.29, 0.717) is 28.9 Å². The lowest BCUT2D eigenvalue weighted by atomic mass is 9.77. The van der Waals surface area contributed by atoms with Crippen LogP contribution in [0.3, 0.4) is 0 Å². The van der Waals surface area contributed by atoms with Crippen LogP contribution in [-0.4, -0.2) is 42.0 Å². The Morgan fingerprint density at radius 2 is 2.08 bits per heavy atom. The van der Waals surface area contributed by atoms with Crippen molar-refractivity contribution in [3.8, 4) is 5.75 Å². The van der Waals surface area contributed by atoms with Crippen LogP contribution in [0, 0.1) is 0 Å². The van der Waals surface area contributed by atoms with E-state index in [1.807, 2.05) is 6.92 Å². The molecule has 25 heavy (non-hydrogen) atoms. The molecule has 1 N–H and O–H groups in total. The molecular formula is C19H20O6. The van der Waals surface area contributed by atoms with Gasteiger partial charge in [0.2, 0.25) is 0 Å². The SMILES string of the molecule is CCC[C@@H]1O[C@H](CC(=O)O)CC2=C1C(=O)c1c(OC)cccc1C2=O. The van der Waals surface area contributed by atoms with Gasteiger partial charge in [-0.15, -0.1) is 0 Å². The van der Waals surface area contributed by atoms with Gasteiger partial charge in [0.1, 0.15) is 5.75 Å². The number of aliphatic carboxylic acids is 1. The molecule has 1 heterocycles. The summed E-state index contributed by atoms with van der Waals surface area (Å²) in [5, 5.41) is 9.06. The molecule has 1 aliphatic heterocycles. The quantitative estimate of drug-likeness (QED) is 0.883. The highest BCUT2D eigenvalue weighted by atomic mass is 16.5. The van der Waals surface area contributed by atoms with Crippen LogP contribution in [0.25, 0.3) is 0 Å². The number of Topliss-reactive ketones (excluding diaryl/α,β-unsaturated/α-hetero) is 2. The molecule has 0 fully saturated rings. The maximum absolute atomic E-state index is 13.1. The number of hydrogen-bond acceptors (Lipinski definition) is 5. The second-order valence-electron chi connectivity index (χ2n) is 6.27. The van der Waals surface area contributed by atoms with E-state index in [1.54, 1.807) is 18.2 Å². The van der Waals surface area contributed by atoms with Gasteiger partial charge >= 0.3 is 5.97 Å². The van der Waals surface area contributed by atoms with Crippen molar-refractivity contribution in [1.29, 1.82) is 0 Å². The van der Waals surface area contributed by atoms with E-state index in [2.05, 4.69) is 0 Å². The van der Waals surface area contributed by atoms with Gasteiger partial charge in [0.15, 0.2) is 11.6 Å². The summed E-state index contributed by atoms with van der Waals surface area (Å²) in [6.45, 7) is 1.95. The van der Waals surface area contributed by atoms with Crippen LogP contribution in [0.2, 0.25) is 0 Å². The number of hydrogen-bond donors (Lipinski definition) is 1. The van der Waals surface area contributed by atoms with Gasteiger partial charge in [-0.25, -0.2) is 0 Å². The molecule has 0 unspecified atom stereocenters. The molecule has 0 bridgehead atoms. The normalized spacial score (nSPS) is 22.5. The lowest BCUT2D eigenvalue weighted by molar-refractivity contribution is -0.141. The van der Waals surface area contributed by atoms with E-state index in [-0.39, 0.29) is 30.0 Å². The third kappa shape index (κ3) is 2.98. The van der Waals surface area contributed by atoms with Crippen LogP contribution >= 0.6 is 0 Å². The average Bonchev–Trinajstić information content (AvgIpc) is 2.58. The maximum Gasteiger partial charge on any atom is 0.305 e. The number of methoxy groups -OCH3 is 1. The molecule has 0 saturated heterocycles. The Kier molecular flexibility index (Phi) is 4.72. The highest BCUT2D eigenvalue weighted by Crippen LogP contribution is 2.40. The average molecular weight is 344 g/mol. The molecule has 2 aliphatic rings. The summed E-state index contributed by atoms with van der Waals surface area (Å²) >= 11 is 0. The number of benzene rings is 1. The van der Waals surface area contributed by atoms with E-state index in [0.717, 1.165) is 6.42 Å². The minimum Gasteiger partial charge on any atom is -0.496 e. The molecule has 1 aliphatic carbocycles. The number of carboxylic acid groups (broad SMARTS) is 1. The molecule has 0 spiro atoms. The van der Waals surface area contributed by atoms with Gasteiger partial charge in [-0.2, -0.15) is 0 Å². The first kappa shape index (κ1) is 17.4. The Bertz CT molecular complexity index is 776. The fourth-order valence-electron chi connectivity index (χ4n) is 3.59. The molecule has 1 aromatic rings. The first-order valence-electron chi connectivity index (χ1n) is 8.34. The van der Waals surface area contributed by atoms with Crippen LogP contribution in [0.1, 0.15) is 53.3 Å². The van der Waals surface area contributed by atoms with Crippen molar-refractivity contribution >= 4 is 17.5 Å².